The summed E-state index contributed by atoms with van der Waals surface area (Å²) in [6.45, 7) is 4.35. The molecule has 98 valence electrons. The van der Waals surface area contributed by atoms with Gasteiger partial charge < -0.3 is 4.52 Å². The molecule has 0 amide bonds. The first kappa shape index (κ1) is 13.6. The molecule has 0 unspecified atom stereocenters. The minimum absolute atomic E-state index is 0.339. The Kier molecular flexibility index (Phi) is 4.53. The van der Waals surface area contributed by atoms with Crippen LogP contribution in [0.3, 0.4) is 0 Å². The maximum absolute atomic E-state index is 8.80. The fourth-order valence-electron chi connectivity index (χ4n) is 1.44. The van der Waals surface area contributed by atoms with E-state index in [2.05, 4.69) is 29.0 Å². The van der Waals surface area contributed by atoms with Crippen molar-refractivity contribution in [1.29, 1.82) is 5.26 Å². The highest BCUT2D eigenvalue weighted by Gasteiger charge is 2.10. The smallest absolute Gasteiger partial charge is 0.258 e. The van der Waals surface area contributed by atoms with Crippen LogP contribution in [-0.2, 0) is 5.75 Å². The van der Waals surface area contributed by atoms with E-state index in [0.29, 0.717) is 23.3 Å². The standard InChI is InChI=1S/C13H14N4OS/c1-9(2)7-19-8-12-16-13(18-17-12)10-3-4-15-11(5-10)6-14/h3-5,9H,7-8H2,1-2H3. The molecule has 0 N–H and O–H groups in total. The van der Waals surface area contributed by atoms with Crippen LogP contribution in [0.2, 0.25) is 0 Å². The van der Waals surface area contributed by atoms with E-state index in [1.54, 1.807) is 30.1 Å². The van der Waals surface area contributed by atoms with Gasteiger partial charge in [0.15, 0.2) is 5.82 Å². The zero-order valence-electron chi connectivity index (χ0n) is 10.8. The van der Waals surface area contributed by atoms with Crippen LogP contribution in [0.1, 0.15) is 25.4 Å². The van der Waals surface area contributed by atoms with Gasteiger partial charge in [0.2, 0.25) is 0 Å². The van der Waals surface area contributed by atoms with Gasteiger partial charge in [-0.15, -0.1) is 0 Å². The molecular formula is C13H14N4OS. The van der Waals surface area contributed by atoms with Crippen molar-refractivity contribution in [2.75, 3.05) is 5.75 Å². The highest BCUT2D eigenvalue weighted by Crippen LogP contribution is 2.19. The molecule has 0 aromatic carbocycles. The van der Waals surface area contributed by atoms with Gasteiger partial charge in [0.05, 0.1) is 5.75 Å². The first-order chi connectivity index (χ1) is 9.19. The van der Waals surface area contributed by atoms with Gasteiger partial charge in [-0.05, 0) is 23.8 Å². The second kappa shape index (κ2) is 6.34. The number of nitriles is 1. The lowest BCUT2D eigenvalue weighted by molar-refractivity contribution is 0.425. The van der Waals surface area contributed by atoms with E-state index < -0.39 is 0 Å². The molecule has 2 rings (SSSR count). The monoisotopic (exact) mass is 274 g/mol. The fraction of sp³-hybridized carbons (Fsp3) is 0.385. The second-order valence-corrected chi connectivity index (χ2v) is 5.50. The number of hydrogen-bond donors (Lipinski definition) is 0. The lowest BCUT2D eigenvalue weighted by atomic mass is 10.2. The van der Waals surface area contributed by atoms with Crippen molar-refractivity contribution in [3.05, 3.63) is 29.8 Å². The molecule has 0 spiro atoms. The van der Waals surface area contributed by atoms with Crippen molar-refractivity contribution in [3.8, 4) is 17.5 Å². The van der Waals surface area contributed by atoms with Crippen LogP contribution in [-0.4, -0.2) is 20.9 Å². The zero-order chi connectivity index (χ0) is 13.7. The molecular weight excluding hydrogens is 260 g/mol. The van der Waals surface area contributed by atoms with E-state index in [0.717, 1.165) is 17.1 Å². The molecule has 0 saturated heterocycles. The molecule has 5 nitrogen and oxygen atoms in total. The summed E-state index contributed by atoms with van der Waals surface area (Å²) in [5.41, 5.74) is 1.06. The van der Waals surface area contributed by atoms with Gasteiger partial charge in [0.1, 0.15) is 11.8 Å². The SMILES string of the molecule is CC(C)CSCc1noc(-c2ccnc(C#N)c2)n1. The molecule has 2 aromatic rings. The molecule has 0 aliphatic rings. The third kappa shape index (κ3) is 3.80. The van der Waals surface area contributed by atoms with Crippen molar-refractivity contribution in [1.82, 2.24) is 15.1 Å². The van der Waals surface area contributed by atoms with Gasteiger partial charge in [-0.2, -0.15) is 22.0 Å². The predicted octanol–water partition coefficient (Wildman–Crippen LogP) is 2.89. The van der Waals surface area contributed by atoms with E-state index in [9.17, 15) is 0 Å². The summed E-state index contributed by atoms with van der Waals surface area (Å²) < 4.78 is 5.20. The summed E-state index contributed by atoms with van der Waals surface area (Å²) in [4.78, 5) is 8.22. The number of pyridine rings is 1. The Bertz CT molecular complexity index is 588. The topological polar surface area (TPSA) is 75.6 Å². The Labute approximate surface area is 116 Å². The van der Waals surface area contributed by atoms with Crippen molar-refractivity contribution in [2.45, 2.75) is 19.6 Å². The summed E-state index contributed by atoms with van der Waals surface area (Å²) in [7, 11) is 0. The summed E-state index contributed by atoms with van der Waals surface area (Å²) in [6, 6.07) is 5.37. The summed E-state index contributed by atoms with van der Waals surface area (Å²) in [6.07, 6.45) is 1.56. The quantitative estimate of drug-likeness (QED) is 0.834. The minimum Gasteiger partial charge on any atom is -0.334 e. The Hall–Kier alpha value is -1.87. The lowest BCUT2D eigenvalue weighted by Crippen LogP contribution is -1.92. The molecule has 0 aliphatic heterocycles. The molecule has 0 saturated carbocycles. The van der Waals surface area contributed by atoms with Gasteiger partial charge in [-0.3, -0.25) is 0 Å². The maximum Gasteiger partial charge on any atom is 0.258 e. The Morgan fingerprint density at radius 1 is 1.47 bits per heavy atom. The van der Waals surface area contributed by atoms with Crippen molar-refractivity contribution in [2.24, 2.45) is 5.92 Å². The fourth-order valence-corrected chi connectivity index (χ4v) is 2.33. The molecule has 0 fully saturated rings. The number of hydrogen-bond acceptors (Lipinski definition) is 6. The largest absolute Gasteiger partial charge is 0.334 e. The van der Waals surface area contributed by atoms with Crippen LogP contribution < -0.4 is 0 Å². The molecule has 19 heavy (non-hydrogen) atoms. The molecule has 2 aromatic heterocycles. The normalized spacial score (nSPS) is 10.6. The average Bonchev–Trinajstić information content (AvgIpc) is 2.87. The molecule has 6 heteroatoms. The van der Waals surface area contributed by atoms with Crippen LogP contribution in [0, 0.1) is 17.2 Å². The number of nitrogens with zero attached hydrogens (tertiary/aromatic N) is 4. The molecule has 2 heterocycles. The van der Waals surface area contributed by atoms with Crippen LogP contribution in [0.5, 0.6) is 0 Å². The van der Waals surface area contributed by atoms with Crippen molar-refractivity contribution in [3.63, 3.8) is 0 Å². The molecule has 0 atom stereocenters. The maximum atomic E-state index is 8.80. The Morgan fingerprint density at radius 3 is 3.05 bits per heavy atom. The van der Waals surface area contributed by atoms with Gasteiger partial charge in [-0.1, -0.05) is 19.0 Å². The average molecular weight is 274 g/mol. The first-order valence-electron chi connectivity index (χ1n) is 5.96. The van der Waals surface area contributed by atoms with Crippen LogP contribution >= 0.6 is 11.8 Å². The highest BCUT2D eigenvalue weighted by molar-refractivity contribution is 7.98. The van der Waals surface area contributed by atoms with Gasteiger partial charge in [0, 0.05) is 11.8 Å². The van der Waals surface area contributed by atoms with Crippen LogP contribution in [0.15, 0.2) is 22.9 Å². The van der Waals surface area contributed by atoms with Gasteiger partial charge >= 0.3 is 0 Å². The van der Waals surface area contributed by atoms with Crippen molar-refractivity contribution >= 4 is 11.8 Å². The minimum atomic E-state index is 0.339. The van der Waals surface area contributed by atoms with Crippen LogP contribution in [0.25, 0.3) is 11.5 Å². The van der Waals surface area contributed by atoms with Gasteiger partial charge in [0.25, 0.3) is 5.89 Å². The van der Waals surface area contributed by atoms with E-state index >= 15 is 0 Å². The van der Waals surface area contributed by atoms with E-state index in [4.69, 9.17) is 9.78 Å². The molecule has 0 radical (unpaired) electrons. The summed E-state index contributed by atoms with van der Waals surface area (Å²) in [5.74, 6) is 3.56. The third-order valence-electron chi connectivity index (χ3n) is 2.27. The second-order valence-electron chi connectivity index (χ2n) is 4.47. The van der Waals surface area contributed by atoms with Crippen molar-refractivity contribution < 1.29 is 4.52 Å². The highest BCUT2D eigenvalue weighted by atomic mass is 32.2. The Balaban J connectivity index is 2.06. The molecule has 0 aliphatic carbocycles. The van der Waals surface area contributed by atoms with Crippen LogP contribution in [0.4, 0.5) is 0 Å². The van der Waals surface area contributed by atoms with Gasteiger partial charge in [-0.25, -0.2) is 4.98 Å². The predicted molar refractivity (Wildman–Crippen MR) is 73.2 cm³/mol. The lowest BCUT2D eigenvalue weighted by Gasteiger charge is -2.00. The number of thioether (sulfide) groups is 1. The Morgan fingerprint density at radius 2 is 2.32 bits per heavy atom. The first-order valence-corrected chi connectivity index (χ1v) is 7.11. The molecule has 0 bridgehead atoms. The number of aromatic nitrogens is 3. The number of rotatable bonds is 5. The van der Waals surface area contributed by atoms with E-state index in [1.165, 1.54) is 0 Å². The summed E-state index contributed by atoms with van der Waals surface area (Å²) >= 11 is 1.78. The summed E-state index contributed by atoms with van der Waals surface area (Å²) in [5, 5.41) is 12.7. The zero-order valence-corrected chi connectivity index (χ0v) is 11.6. The van der Waals surface area contributed by atoms with E-state index in [1.807, 2.05) is 6.07 Å². The third-order valence-corrected chi connectivity index (χ3v) is 3.64. The van der Waals surface area contributed by atoms with E-state index in [-0.39, 0.29) is 0 Å².